The Hall–Kier alpha value is -2.88. The number of anilines is 1. The van der Waals surface area contributed by atoms with Crippen molar-refractivity contribution >= 4 is 39.3 Å². The molecule has 0 saturated heterocycles. The maximum atomic E-state index is 12.4. The van der Waals surface area contributed by atoms with Gasteiger partial charge in [0.2, 0.25) is 5.95 Å². The number of imidazole rings is 1. The van der Waals surface area contributed by atoms with Crippen LogP contribution in [0.5, 0.6) is 5.75 Å². The lowest BCUT2D eigenvalue weighted by Gasteiger charge is -2.05. The average molecular weight is 421 g/mol. The highest BCUT2D eigenvalue weighted by atomic mass is 79.9. The number of nitrogens with one attached hydrogen (secondary N) is 1. The Balaban J connectivity index is 2.01. The molecule has 0 spiro atoms. The fraction of sp³-hybridized carbons (Fsp3) is 0.250. The summed E-state index contributed by atoms with van der Waals surface area (Å²) >= 11 is 3.40. The molecule has 0 unspecified atom stereocenters. The van der Waals surface area contributed by atoms with E-state index in [1.54, 1.807) is 32.0 Å². The number of hydrogen-bond acceptors (Lipinski definition) is 6. The van der Waals surface area contributed by atoms with Crippen LogP contribution in [0, 0.1) is 0 Å². The zero-order valence-corrected chi connectivity index (χ0v) is 16.2. The Labute approximate surface area is 156 Å². The van der Waals surface area contributed by atoms with Crippen molar-refractivity contribution in [1.29, 1.82) is 0 Å². The number of aromatic nitrogens is 4. The van der Waals surface area contributed by atoms with Crippen molar-refractivity contribution in [2.24, 2.45) is 26.2 Å². The molecule has 0 aliphatic carbocycles. The number of ether oxygens (including phenoxy) is 1. The zero-order valence-electron chi connectivity index (χ0n) is 14.6. The minimum Gasteiger partial charge on any atom is -0.496 e. The average Bonchev–Trinajstić information content (AvgIpc) is 2.95. The Morgan fingerprint density at radius 2 is 1.92 bits per heavy atom. The van der Waals surface area contributed by atoms with Gasteiger partial charge in [0.15, 0.2) is 11.2 Å². The van der Waals surface area contributed by atoms with E-state index in [2.05, 4.69) is 31.4 Å². The number of rotatable bonds is 4. The van der Waals surface area contributed by atoms with Crippen LogP contribution in [0.4, 0.5) is 5.95 Å². The van der Waals surface area contributed by atoms with Crippen LogP contribution in [-0.2, 0) is 21.1 Å². The van der Waals surface area contributed by atoms with Gasteiger partial charge in [0.25, 0.3) is 5.56 Å². The number of benzene rings is 1. The van der Waals surface area contributed by atoms with Crippen LogP contribution in [-0.4, -0.2) is 32.0 Å². The largest absolute Gasteiger partial charge is 0.496 e. The number of methoxy groups -OCH3 is 1. The first-order chi connectivity index (χ1) is 12.3. The van der Waals surface area contributed by atoms with Gasteiger partial charge in [-0.1, -0.05) is 15.9 Å². The molecule has 0 saturated carbocycles. The molecular weight excluding hydrogens is 404 g/mol. The minimum atomic E-state index is -0.436. The number of aryl methyl sites for hydroxylation is 2. The van der Waals surface area contributed by atoms with Crippen LogP contribution < -0.4 is 21.4 Å². The lowest BCUT2D eigenvalue weighted by molar-refractivity contribution is 0.414. The maximum absolute atomic E-state index is 12.4. The molecule has 3 aromatic rings. The highest BCUT2D eigenvalue weighted by molar-refractivity contribution is 9.10. The fourth-order valence-electron chi connectivity index (χ4n) is 2.58. The number of halogens is 1. The molecule has 1 aromatic carbocycles. The van der Waals surface area contributed by atoms with Gasteiger partial charge >= 0.3 is 5.69 Å². The molecule has 9 nitrogen and oxygen atoms in total. The smallest absolute Gasteiger partial charge is 0.332 e. The van der Waals surface area contributed by atoms with Crippen molar-refractivity contribution in [3.63, 3.8) is 0 Å². The van der Waals surface area contributed by atoms with E-state index >= 15 is 0 Å². The van der Waals surface area contributed by atoms with Crippen LogP contribution in [0.2, 0.25) is 0 Å². The van der Waals surface area contributed by atoms with Crippen molar-refractivity contribution in [3.8, 4) is 5.75 Å². The van der Waals surface area contributed by atoms with E-state index in [9.17, 15) is 9.59 Å². The van der Waals surface area contributed by atoms with E-state index in [0.717, 1.165) is 14.6 Å². The molecular formula is C16H17BrN6O3. The molecule has 0 aliphatic rings. The van der Waals surface area contributed by atoms with E-state index in [0.29, 0.717) is 22.9 Å². The third-order valence-corrected chi connectivity index (χ3v) is 4.53. The van der Waals surface area contributed by atoms with Gasteiger partial charge in [-0.3, -0.25) is 13.9 Å². The van der Waals surface area contributed by atoms with Gasteiger partial charge in [-0.05, 0) is 18.2 Å². The first kappa shape index (κ1) is 17.9. The van der Waals surface area contributed by atoms with E-state index in [1.807, 2.05) is 18.2 Å². The van der Waals surface area contributed by atoms with Gasteiger partial charge in [-0.2, -0.15) is 10.1 Å². The van der Waals surface area contributed by atoms with Crippen LogP contribution in [0.3, 0.4) is 0 Å². The van der Waals surface area contributed by atoms with Gasteiger partial charge in [-0.15, -0.1) is 0 Å². The topological polar surface area (TPSA) is 95.4 Å². The molecule has 26 heavy (non-hydrogen) atoms. The lowest BCUT2D eigenvalue weighted by Crippen LogP contribution is -2.37. The van der Waals surface area contributed by atoms with E-state index < -0.39 is 11.2 Å². The molecule has 0 bridgehead atoms. The van der Waals surface area contributed by atoms with Crippen LogP contribution >= 0.6 is 15.9 Å². The van der Waals surface area contributed by atoms with Crippen LogP contribution in [0.15, 0.2) is 37.4 Å². The summed E-state index contributed by atoms with van der Waals surface area (Å²) in [6.07, 6.45) is 1.58. The fourth-order valence-corrected chi connectivity index (χ4v) is 2.96. The third-order valence-electron chi connectivity index (χ3n) is 4.04. The highest BCUT2D eigenvalue weighted by Crippen LogP contribution is 2.21. The molecule has 2 aromatic heterocycles. The third kappa shape index (κ3) is 2.92. The minimum absolute atomic E-state index is 0.290. The standard InChI is InChI=1S/C16H17BrN6O3/c1-21-12-13(22(2)16(25)23(3)14(12)24)19-15(21)20-18-8-9-7-10(17)5-6-11(9)26-4/h5-8H,1-4H3,(H,19,20). The number of hydrogen-bond donors (Lipinski definition) is 1. The number of hydrazone groups is 1. The Kier molecular flexibility index (Phi) is 4.68. The summed E-state index contributed by atoms with van der Waals surface area (Å²) in [5.41, 5.74) is 3.32. The summed E-state index contributed by atoms with van der Waals surface area (Å²) in [4.78, 5) is 28.7. The van der Waals surface area contributed by atoms with E-state index in [4.69, 9.17) is 4.74 Å². The molecule has 3 rings (SSSR count). The zero-order chi connectivity index (χ0) is 19.0. The second kappa shape index (κ2) is 6.79. The maximum Gasteiger partial charge on any atom is 0.332 e. The molecule has 0 amide bonds. The van der Waals surface area contributed by atoms with Crippen molar-refractivity contribution < 1.29 is 4.74 Å². The molecule has 0 aliphatic heterocycles. The summed E-state index contributed by atoms with van der Waals surface area (Å²) < 4.78 is 10.1. The second-order valence-electron chi connectivity index (χ2n) is 5.63. The van der Waals surface area contributed by atoms with Crippen molar-refractivity contribution in [1.82, 2.24) is 18.7 Å². The monoisotopic (exact) mass is 420 g/mol. The second-order valence-corrected chi connectivity index (χ2v) is 6.54. The lowest BCUT2D eigenvalue weighted by atomic mass is 10.2. The Morgan fingerprint density at radius 1 is 1.19 bits per heavy atom. The van der Waals surface area contributed by atoms with Crippen LogP contribution in [0.1, 0.15) is 5.56 Å². The molecule has 136 valence electrons. The summed E-state index contributed by atoms with van der Waals surface area (Å²) in [6.45, 7) is 0. The van der Waals surface area contributed by atoms with E-state index in [-0.39, 0.29) is 0 Å². The van der Waals surface area contributed by atoms with Gasteiger partial charge in [0, 0.05) is 31.2 Å². The summed E-state index contributed by atoms with van der Waals surface area (Å²) in [5.74, 6) is 1.00. The molecule has 2 heterocycles. The van der Waals surface area contributed by atoms with Crippen molar-refractivity contribution in [2.75, 3.05) is 12.5 Å². The number of nitrogens with zero attached hydrogens (tertiary/aromatic N) is 5. The van der Waals surface area contributed by atoms with Crippen molar-refractivity contribution in [2.45, 2.75) is 0 Å². The number of fused-ring (bicyclic) bond motifs is 1. The molecule has 0 atom stereocenters. The van der Waals surface area contributed by atoms with Gasteiger partial charge in [0.1, 0.15) is 5.75 Å². The SMILES string of the molecule is COc1ccc(Br)cc1C=NNc1nc2c(c(=O)n(C)c(=O)n2C)n1C. The first-order valence-corrected chi connectivity index (χ1v) is 8.39. The molecule has 0 radical (unpaired) electrons. The highest BCUT2D eigenvalue weighted by Gasteiger charge is 2.16. The van der Waals surface area contributed by atoms with Crippen LogP contribution in [0.25, 0.3) is 11.2 Å². The quantitative estimate of drug-likeness (QED) is 0.505. The molecule has 10 heteroatoms. The van der Waals surface area contributed by atoms with Gasteiger partial charge in [0.05, 0.1) is 13.3 Å². The molecule has 1 N–H and O–H groups in total. The van der Waals surface area contributed by atoms with Gasteiger partial charge in [-0.25, -0.2) is 10.2 Å². The molecule has 0 fully saturated rings. The van der Waals surface area contributed by atoms with E-state index in [1.165, 1.54) is 11.6 Å². The predicted molar refractivity (Wildman–Crippen MR) is 103 cm³/mol. The Morgan fingerprint density at radius 3 is 2.62 bits per heavy atom. The summed E-state index contributed by atoms with van der Waals surface area (Å²) in [5, 5.41) is 4.17. The normalized spacial score (nSPS) is 11.4. The summed E-state index contributed by atoms with van der Waals surface area (Å²) in [7, 11) is 6.26. The Bertz CT molecular complexity index is 1140. The van der Waals surface area contributed by atoms with Gasteiger partial charge < -0.3 is 9.30 Å². The predicted octanol–water partition coefficient (Wildman–Crippen LogP) is 1.19. The van der Waals surface area contributed by atoms with Crippen molar-refractivity contribution in [3.05, 3.63) is 49.1 Å². The summed E-state index contributed by atoms with van der Waals surface area (Å²) in [6, 6.07) is 5.55. The first-order valence-electron chi connectivity index (χ1n) is 7.60.